The molecule has 4 nitrogen and oxygen atoms in total. The molecular formula is C17H21NO3. The Kier molecular flexibility index (Phi) is 2.19. The molecule has 2 saturated heterocycles. The van der Waals surface area contributed by atoms with E-state index in [2.05, 4.69) is 18.0 Å². The third kappa shape index (κ3) is 1.25. The number of hydrogen-bond acceptors (Lipinski definition) is 4. The van der Waals surface area contributed by atoms with Crippen LogP contribution in [0.1, 0.15) is 25.7 Å². The van der Waals surface area contributed by atoms with Gasteiger partial charge in [0.1, 0.15) is 18.0 Å². The highest BCUT2D eigenvalue weighted by atomic mass is 16.5. The predicted octanol–water partition coefficient (Wildman–Crippen LogP) is 1.89. The molecule has 3 aliphatic carbocycles. The van der Waals surface area contributed by atoms with E-state index in [0.717, 1.165) is 25.8 Å². The molecule has 1 spiro atoms. The van der Waals surface area contributed by atoms with Gasteiger partial charge >= 0.3 is 0 Å². The van der Waals surface area contributed by atoms with E-state index in [1.807, 2.05) is 6.08 Å². The zero-order valence-electron chi connectivity index (χ0n) is 12.2. The highest BCUT2D eigenvalue weighted by molar-refractivity contribution is 5.52. The van der Waals surface area contributed by atoms with Crippen molar-refractivity contribution in [3.8, 4) is 0 Å². The second kappa shape index (κ2) is 3.73. The second-order valence-electron chi connectivity index (χ2n) is 7.24. The van der Waals surface area contributed by atoms with Gasteiger partial charge in [0.15, 0.2) is 5.76 Å². The summed E-state index contributed by atoms with van der Waals surface area (Å²) in [6.45, 7) is 1.03. The lowest BCUT2D eigenvalue weighted by Crippen LogP contribution is -2.61. The summed E-state index contributed by atoms with van der Waals surface area (Å²) >= 11 is 0. The summed E-state index contributed by atoms with van der Waals surface area (Å²) < 4.78 is 6.14. The van der Waals surface area contributed by atoms with Gasteiger partial charge < -0.3 is 19.8 Å². The molecule has 2 bridgehead atoms. The van der Waals surface area contributed by atoms with E-state index < -0.39 is 6.10 Å². The summed E-state index contributed by atoms with van der Waals surface area (Å²) in [5, 5.41) is 20.8. The Morgan fingerprint density at radius 2 is 2.19 bits per heavy atom. The third-order valence-corrected chi connectivity index (χ3v) is 6.46. The van der Waals surface area contributed by atoms with Crippen molar-refractivity contribution >= 4 is 0 Å². The predicted molar refractivity (Wildman–Crippen MR) is 77.5 cm³/mol. The molecule has 5 atom stereocenters. The molecule has 0 aromatic carbocycles. The van der Waals surface area contributed by atoms with E-state index in [1.165, 1.54) is 11.1 Å². The Hall–Kier alpha value is -1.26. The molecule has 2 fully saturated rings. The summed E-state index contributed by atoms with van der Waals surface area (Å²) in [6.07, 6.45) is 7.04. The molecule has 0 aromatic heterocycles. The van der Waals surface area contributed by atoms with Crippen LogP contribution in [0, 0.1) is 11.3 Å². The number of piperidine rings is 1. The standard InChI is InChI=1S/C17H21NO3/c1-18-7-6-17-10-3-5-13(20)16(17)21-15-12(19)4-2-9(14(15)17)8-11(10)18/h3,5,10-11,13,16,19-20H,2,4,6-8H2,1H3/t10?,11-,13?,16-,17?/m1/s1. The lowest BCUT2D eigenvalue weighted by Gasteiger charge is -2.56. The van der Waals surface area contributed by atoms with Crippen LogP contribution in [0.15, 0.2) is 34.8 Å². The fourth-order valence-corrected chi connectivity index (χ4v) is 5.54. The van der Waals surface area contributed by atoms with E-state index in [4.69, 9.17) is 4.74 Å². The van der Waals surface area contributed by atoms with Crippen LogP contribution in [-0.2, 0) is 4.74 Å². The normalized spacial score (nSPS) is 47.5. The highest BCUT2D eigenvalue weighted by Crippen LogP contribution is 2.65. The molecule has 112 valence electrons. The maximum absolute atomic E-state index is 10.5. The van der Waals surface area contributed by atoms with Crippen molar-refractivity contribution in [1.29, 1.82) is 0 Å². The number of hydrogen-bond donors (Lipinski definition) is 2. The van der Waals surface area contributed by atoms with Crippen molar-refractivity contribution < 1.29 is 14.9 Å². The summed E-state index contributed by atoms with van der Waals surface area (Å²) in [6, 6.07) is 0.506. The van der Waals surface area contributed by atoms with Crippen LogP contribution in [0.5, 0.6) is 0 Å². The van der Waals surface area contributed by atoms with Crippen LogP contribution in [0.25, 0.3) is 0 Å². The number of allylic oxidation sites excluding steroid dienone is 2. The van der Waals surface area contributed by atoms with Crippen LogP contribution in [-0.4, -0.2) is 47.0 Å². The van der Waals surface area contributed by atoms with Crippen LogP contribution in [0.4, 0.5) is 0 Å². The zero-order valence-corrected chi connectivity index (χ0v) is 12.2. The molecule has 21 heavy (non-hydrogen) atoms. The van der Waals surface area contributed by atoms with Crippen molar-refractivity contribution in [2.24, 2.45) is 11.3 Å². The fourth-order valence-electron chi connectivity index (χ4n) is 5.54. The van der Waals surface area contributed by atoms with E-state index in [-0.39, 0.29) is 11.5 Å². The Balaban J connectivity index is 1.80. The molecule has 2 aliphatic heterocycles. The minimum absolute atomic E-state index is 0.108. The van der Waals surface area contributed by atoms with Crippen molar-refractivity contribution in [3.05, 3.63) is 34.8 Å². The Bertz CT molecular complexity index is 620. The lowest BCUT2D eigenvalue weighted by molar-refractivity contribution is -0.0798. The van der Waals surface area contributed by atoms with Crippen LogP contribution < -0.4 is 0 Å². The number of likely N-dealkylation sites (tertiary alicyclic amines) is 1. The van der Waals surface area contributed by atoms with Crippen molar-refractivity contribution in [2.45, 2.75) is 43.9 Å². The molecule has 0 radical (unpaired) electrons. The lowest BCUT2D eigenvalue weighted by atomic mass is 9.52. The summed E-state index contributed by atoms with van der Waals surface area (Å²) in [4.78, 5) is 2.47. The third-order valence-electron chi connectivity index (χ3n) is 6.46. The molecular weight excluding hydrogens is 266 g/mol. The van der Waals surface area contributed by atoms with Gasteiger partial charge in [-0.05, 0) is 32.9 Å². The van der Waals surface area contributed by atoms with Gasteiger partial charge in [-0.3, -0.25) is 0 Å². The molecule has 2 N–H and O–H groups in total. The quantitative estimate of drug-likeness (QED) is 0.668. The average molecular weight is 287 g/mol. The molecule has 5 aliphatic rings. The van der Waals surface area contributed by atoms with E-state index in [9.17, 15) is 10.2 Å². The van der Waals surface area contributed by atoms with Gasteiger partial charge in [0, 0.05) is 29.4 Å². The molecule has 3 unspecified atom stereocenters. The summed E-state index contributed by atoms with van der Waals surface area (Å²) in [5.41, 5.74) is 2.61. The first kappa shape index (κ1) is 12.3. The summed E-state index contributed by atoms with van der Waals surface area (Å²) in [5.74, 6) is 1.49. The average Bonchev–Trinajstić information content (AvgIpc) is 2.83. The Labute approximate surface area is 124 Å². The van der Waals surface area contributed by atoms with Crippen LogP contribution in [0.2, 0.25) is 0 Å². The van der Waals surface area contributed by atoms with Crippen LogP contribution in [0.3, 0.4) is 0 Å². The van der Waals surface area contributed by atoms with Gasteiger partial charge in [-0.15, -0.1) is 0 Å². The van der Waals surface area contributed by atoms with Gasteiger partial charge in [-0.2, -0.15) is 0 Å². The van der Waals surface area contributed by atoms with E-state index >= 15 is 0 Å². The smallest absolute Gasteiger partial charge is 0.161 e. The number of aliphatic hydroxyl groups excluding tert-OH is 2. The first-order valence-electron chi connectivity index (χ1n) is 8.01. The molecule has 0 saturated carbocycles. The number of aliphatic hydroxyl groups is 2. The first-order valence-corrected chi connectivity index (χ1v) is 8.01. The summed E-state index contributed by atoms with van der Waals surface area (Å²) in [7, 11) is 2.21. The first-order chi connectivity index (χ1) is 10.1. The van der Waals surface area contributed by atoms with Crippen molar-refractivity contribution in [2.75, 3.05) is 13.6 Å². The second-order valence-corrected chi connectivity index (χ2v) is 7.24. The van der Waals surface area contributed by atoms with Gasteiger partial charge in [0.2, 0.25) is 0 Å². The van der Waals surface area contributed by atoms with Gasteiger partial charge in [-0.1, -0.05) is 17.7 Å². The number of nitrogens with zero attached hydrogens (tertiary/aromatic N) is 1. The van der Waals surface area contributed by atoms with Gasteiger partial charge in [-0.25, -0.2) is 0 Å². The minimum atomic E-state index is -0.567. The topological polar surface area (TPSA) is 52.9 Å². The highest BCUT2D eigenvalue weighted by Gasteiger charge is 2.65. The fraction of sp³-hybridized carbons (Fsp3) is 0.647. The van der Waals surface area contributed by atoms with Gasteiger partial charge in [0.25, 0.3) is 0 Å². The SMILES string of the molecule is CN1CCC23C4=C5CCC(O)=C4O[C@@H]2C(O)C=CC3[C@H]1C5. The maximum atomic E-state index is 10.5. The van der Waals surface area contributed by atoms with E-state index in [0.29, 0.717) is 29.9 Å². The van der Waals surface area contributed by atoms with Crippen molar-refractivity contribution in [1.82, 2.24) is 4.90 Å². The largest absolute Gasteiger partial charge is 0.508 e. The number of ether oxygens (including phenoxy) is 1. The van der Waals surface area contributed by atoms with E-state index in [1.54, 1.807) is 0 Å². The maximum Gasteiger partial charge on any atom is 0.161 e. The minimum Gasteiger partial charge on any atom is -0.508 e. The Morgan fingerprint density at radius 1 is 1.33 bits per heavy atom. The molecule has 5 rings (SSSR count). The number of rotatable bonds is 0. The molecule has 2 heterocycles. The van der Waals surface area contributed by atoms with Crippen LogP contribution >= 0.6 is 0 Å². The van der Waals surface area contributed by atoms with Gasteiger partial charge in [0.05, 0.1) is 0 Å². The molecule has 0 aromatic rings. The molecule has 0 amide bonds. The monoisotopic (exact) mass is 287 g/mol. The molecule has 4 heteroatoms. The zero-order chi connectivity index (χ0) is 14.4. The van der Waals surface area contributed by atoms with Crippen molar-refractivity contribution in [3.63, 3.8) is 0 Å². The Morgan fingerprint density at radius 3 is 3.05 bits per heavy atom.